The lowest BCUT2D eigenvalue weighted by Gasteiger charge is -2.00. The predicted octanol–water partition coefficient (Wildman–Crippen LogP) is 0.774. The average Bonchev–Trinajstić information content (AvgIpc) is 2.02. The third-order valence-corrected chi connectivity index (χ3v) is 2.72. The number of ether oxygens (including phenoxy) is 1. The fraction of sp³-hybridized carbons (Fsp3) is 0.857. The van der Waals surface area contributed by atoms with Crippen molar-refractivity contribution in [3.05, 3.63) is 0 Å². The molecule has 0 heterocycles. The number of carbonyl (C=O) groups excluding carboxylic acids is 1. The third kappa shape index (κ3) is 11.2. The monoisotopic (exact) mass is 227 g/mol. The van der Waals surface area contributed by atoms with Crippen molar-refractivity contribution >= 4 is 16.2 Å². The highest BCUT2D eigenvalue weighted by atomic mass is 32.2. The Morgan fingerprint density at radius 3 is 1.93 bits per heavy atom. The van der Waals surface area contributed by atoms with E-state index in [-0.39, 0.29) is 0 Å². The minimum atomic E-state index is -3.75. The van der Waals surface area contributed by atoms with Crippen LogP contribution in [0.3, 0.4) is 0 Å². The van der Waals surface area contributed by atoms with Crippen molar-refractivity contribution in [1.82, 2.24) is 0 Å². The molecule has 3 N–H and O–H groups in total. The molecule has 86 valence electrons. The lowest BCUT2D eigenvalue weighted by atomic mass is 10.4. The molecule has 1 unspecified atom stereocenters. The van der Waals surface area contributed by atoms with Crippen LogP contribution in [0.1, 0.15) is 27.2 Å². The van der Waals surface area contributed by atoms with Crippen LogP contribution in [-0.4, -0.2) is 30.9 Å². The molecule has 0 spiro atoms. The molecular formula is C7H17NO5S. The van der Waals surface area contributed by atoms with E-state index in [1.807, 2.05) is 0 Å². The normalized spacial score (nSPS) is 12.3. The van der Waals surface area contributed by atoms with Crippen LogP contribution in [0.5, 0.6) is 0 Å². The fourth-order valence-corrected chi connectivity index (χ4v) is 0.774. The zero-order valence-electron chi connectivity index (χ0n) is 8.56. The lowest BCUT2D eigenvalue weighted by Crippen LogP contribution is -2.14. The summed E-state index contributed by atoms with van der Waals surface area (Å²) in [7, 11) is -3.75. The number of hydrogen-bond acceptors (Lipinski definition) is 4. The van der Waals surface area contributed by atoms with E-state index in [9.17, 15) is 13.2 Å². The number of hydrogen-bond donors (Lipinski definition) is 2. The first kappa shape index (κ1) is 15.6. The van der Waals surface area contributed by atoms with Crippen LogP contribution in [0.4, 0.5) is 4.79 Å². The smallest absolute Gasteiger partial charge is 0.404 e. The minimum Gasteiger partial charge on any atom is -0.450 e. The van der Waals surface area contributed by atoms with Crippen LogP contribution < -0.4 is 5.73 Å². The van der Waals surface area contributed by atoms with E-state index >= 15 is 0 Å². The van der Waals surface area contributed by atoms with E-state index in [0.717, 1.165) is 0 Å². The van der Waals surface area contributed by atoms with Crippen molar-refractivity contribution in [1.29, 1.82) is 0 Å². The number of amides is 1. The van der Waals surface area contributed by atoms with Gasteiger partial charge in [-0.2, -0.15) is 8.42 Å². The van der Waals surface area contributed by atoms with Gasteiger partial charge >= 0.3 is 6.09 Å². The largest absolute Gasteiger partial charge is 0.450 e. The molecule has 6 nitrogen and oxygen atoms in total. The van der Waals surface area contributed by atoms with Crippen LogP contribution in [0, 0.1) is 0 Å². The standard InChI is InChI=1S/C4H10O3S.C3H7NO2/c1-3-4(2)8(5,6)7;1-2-6-3(4)5/h4H,3H2,1-2H3,(H,5,6,7);2H2,1H3,(H2,4,5). The Labute approximate surface area is 84.2 Å². The van der Waals surface area contributed by atoms with Crippen molar-refractivity contribution in [3.63, 3.8) is 0 Å². The van der Waals surface area contributed by atoms with Gasteiger partial charge in [-0.1, -0.05) is 6.92 Å². The van der Waals surface area contributed by atoms with Crippen LogP contribution in [0.2, 0.25) is 0 Å². The first-order valence-electron chi connectivity index (χ1n) is 4.14. The quantitative estimate of drug-likeness (QED) is 0.692. The highest BCUT2D eigenvalue weighted by Crippen LogP contribution is 1.99. The summed E-state index contributed by atoms with van der Waals surface area (Å²) in [5.41, 5.74) is 4.54. The van der Waals surface area contributed by atoms with Crippen molar-refractivity contribution in [2.75, 3.05) is 6.61 Å². The van der Waals surface area contributed by atoms with Gasteiger partial charge in [-0.25, -0.2) is 4.79 Å². The SMILES string of the molecule is CCC(C)S(=O)(=O)O.CCOC(N)=O. The highest BCUT2D eigenvalue weighted by molar-refractivity contribution is 7.86. The molecule has 0 radical (unpaired) electrons. The number of nitrogens with two attached hydrogens (primary N) is 1. The fourth-order valence-electron chi connectivity index (χ4n) is 0.353. The van der Waals surface area contributed by atoms with Gasteiger partial charge in [0, 0.05) is 0 Å². The summed E-state index contributed by atoms with van der Waals surface area (Å²) in [4.78, 5) is 9.60. The molecule has 7 heteroatoms. The van der Waals surface area contributed by atoms with Gasteiger partial charge in [0.15, 0.2) is 0 Å². The number of rotatable bonds is 3. The van der Waals surface area contributed by atoms with Gasteiger partial charge in [0.25, 0.3) is 10.1 Å². The van der Waals surface area contributed by atoms with Gasteiger partial charge < -0.3 is 10.5 Å². The maximum absolute atomic E-state index is 10.1. The summed E-state index contributed by atoms with van der Waals surface area (Å²) in [5, 5.41) is -0.623. The van der Waals surface area contributed by atoms with Crippen molar-refractivity contribution < 1.29 is 22.5 Å². The Morgan fingerprint density at radius 2 is 1.93 bits per heavy atom. The Morgan fingerprint density at radius 1 is 1.50 bits per heavy atom. The second kappa shape index (κ2) is 7.57. The molecule has 0 aliphatic carbocycles. The molecule has 0 saturated heterocycles. The summed E-state index contributed by atoms with van der Waals surface area (Å²) in [6.07, 6.45) is -0.253. The Balaban J connectivity index is 0. The van der Waals surface area contributed by atoms with E-state index in [4.69, 9.17) is 4.55 Å². The zero-order chi connectivity index (χ0) is 11.8. The van der Waals surface area contributed by atoms with Gasteiger partial charge in [-0.15, -0.1) is 0 Å². The maximum Gasteiger partial charge on any atom is 0.404 e. The van der Waals surface area contributed by atoms with Crippen molar-refractivity contribution in [2.45, 2.75) is 32.4 Å². The van der Waals surface area contributed by atoms with Crippen LogP contribution in [-0.2, 0) is 14.9 Å². The molecule has 0 aromatic heterocycles. The van der Waals surface area contributed by atoms with Gasteiger partial charge in [-0.3, -0.25) is 4.55 Å². The van der Waals surface area contributed by atoms with Gasteiger partial charge in [0.2, 0.25) is 0 Å². The molecule has 0 aromatic carbocycles. The van der Waals surface area contributed by atoms with Gasteiger partial charge in [-0.05, 0) is 20.3 Å². The van der Waals surface area contributed by atoms with E-state index in [1.165, 1.54) is 6.92 Å². The lowest BCUT2D eigenvalue weighted by molar-refractivity contribution is 0.163. The first-order valence-corrected chi connectivity index (χ1v) is 5.64. The predicted molar refractivity (Wildman–Crippen MR) is 52.5 cm³/mol. The Bertz CT molecular complexity index is 249. The highest BCUT2D eigenvalue weighted by Gasteiger charge is 2.13. The van der Waals surface area contributed by atoms with Crippen LogP contribution >= 0.6 is 0 Å². The summed E-state index contributed by atoms with van der Waals surface area (Å²) >= 11 is 0. The molecule has 1 amide bonds. The van der Waals surface area contributed by atoms with E-state index < -0.39 is 21.5 Å². The maximum atomic E-state index is 10.1. The Kier molecular flexibility index (Phi) is 8.46. The molecule has 1 atom stereocenters. The summed E-state index contributed by atoms with van der Waals surface area (Å²) < 4.78 is 32.7. The topological polar surface area (TPSA) is 107 Å². The molecule has 0 saturated carbocycles. The second-order valence-electron chi connectivity index (χ2n) is 2.49. The second-order valence-corrected chi connectivity index (χ2v) is 4.32. The van der Waals surface area contributed by atoms with Crippen LogP contribution in [0.15, 0.2) is 0 Å². The number of primary amides is 1. The molecule has 0 aliphatic rings. The molecule has 0 aromatic rings. The van der Waals surface area contributed by atoms with E-state index in [2.05, 4.69) is 10.5 Å². The first-order chi connectivity index (χ1) is 6.25. The zero-order valence-corrected chi connectivity index (χ0v) is 9.37. The Hall–Kier alpha value is -0.820. The van der Waals surface area contributed by atoms with Crippen molar-refractivity contribution in [2.24, 2.45) is 5.73 Å². The van der Waals surface area contributed by atoms with Crippen LogP contribution in [0.25, 0.3) is 0 Å². The number of carbonyl (C=O) groups is 1. The molecule has 0 aliphatic heterocycles. The molecule has 14 heavy (non-hydrogen) atoms. The van der Waals surface area contributed by atoms with E-state index in [0.29, 0.717) is 13.0 Å². The van der Waals surface area contributed by atoms with Gasteiger partial charge in [0.1, 0.15) is 0 Å². The molecule has 0 rings (SSSR count). The summed E-state index contributed by atoms with van der Waals surface area (Å²) in [5.74, 6) is 0. The molecular weight excluding hydrogens is 210 g/mol. The summed E-state index contributed by atoms with van der Waals surface area (Å²) in [6, 6.07) is 0. The van der Waals surface area contributed by atoms with Gasteiger partial charge in [0.05, 0.1) is 11.9 Å². The average molecular weight is 227 g/mol. The summed E-state index contributed by atoms with van der Waals surface area (Å²) in [6.45, 7) is 5.23. The van der Waals surface area contributed by atoms with Crippen molar-refractivity contribution in [3.8, 4) is 0 Å². The minimum absolute atomic E-state index is 0.356. The van der Waals surface area contributed by atoms with E-state index in [1.54, 1.807) is 13.8 Å². The molecule has 0 fully saturated rings. The molecule has 0 bridgehead atoms. The third-order valence-electron chi connectivity index (χ3n) is 1.37.